The van der Waals surface area contributed by atoms with Gasteiger partial charge in [-0.1, -0.05) is 51.1 Å². The van der Waals surface area contributed by atoms with Gasteiger partial charge in [0.25, 0.3) is 0 Å². The lowest BCUT2D eigenvalue weighted by Crippen LogP contribution is -2.45. The average Bonchev–Trinajstić information content (AvgIpc) is 3.28. The van der Waals surface area contributed by atoms with Crippen LogP contribution in [0.25, 0.3) is 0 Å². The summed E-state index contributed by atoms with van der Waals surface area (Å²) in [5.41, 5.74) is 7.58. The molecule has 0 radical (unpaired) electrons. The van der Waals surface area contributed by atoms with Gasteiger partial charge >= 0.3 is 0 Å². The van der Waals surface area contributed by atoms with Crippen LogP contribution in [-0.4, -0.2) is 30.6 Å². The minimum absolute atomic E-state index is 0.0703. The van der Waals surface area contributed by atoms with E-state index < -0.39 is 0 Å². The first kappa shape index (κ1) is 15.5. The molecule has 1 unspecified atom stereocenters. The lowest BCUT2D eigenvalue weighted by Gasteiger charge is -2.36. The van der Waals surface area contributed by atoms with Crippen LogP contribution in [0, 0.1) is 5.92 Å². The monoisotopic (exact) mass is 274 g/mol. The van der Waals surface area contributed by atoms with Gasteiger partial charge in [0.05, 0.1) is 0 Å². The molecule has 1 atom stereocenters. The van der Waals surface area contributed by atoms with Crippen molar-refractivity contribution in [3.63, 3.8) is 0 Å². The lowest BCUT2D eigenvalue weighted by molar-refractivity contribution is 0.198. The Labute approximate surface area is 124 Å². The first-order valence-electron chi connectivity index (χ1n) is 8.05. The van der Waals surface area contributed by atoms with Gasteiger partial charge in [-0.2, -0.15) is 0 Å². The number of hydrogen-bond donors (Lipinski definition) is 1. The van der Waals surface area contributed by atoms with Crippen molar-refractivity contribution in [2.24, 2.45) is 11.7 Å². The number of benzene rings is 1. The number of nitrogens with two attached hydrogens (primary N) is 1. The van der Waals surface area contributed by atoms with Crippen LogP contribution in [0.5, 0.6) is 0 Å². The van der Waals surface area contributed by atoms with E-state index in [9.17, 15) is 0 Å². The highest BCUT2D eigenvalue weighted by Crippen LogP contribution is 2.32. The Hall–Kier alpha value is -0.860. The summed E-state index contributed by atoms with van der Waals surface area (Å²) in [5.74, 6) is 0.775. The zero-order valence-electron chi connectivity index (χ0n) is 13.3. The highest BCUT2D eigenvalue weighted by atomic mass is 15.2. The SMILES string of the molecule is CC(C)CCN(CC(C)(CN)c1ccccc1)C1CC1. The molecule has 112 valence electrons. The Morgan fingerprint density at radius 2 is 1.90 bits per heavy atom. The van der Waals surface area contributed by atoms with Gasteiger partial charge in [0, 0.05) is 24.5 Å². The molecule has 2 rings (SSSR count). The summed E-state index contributed by atoms with van der Waals surface area (Å²) >= 11 is 0. The van der Waals surface area contributed by atoms with Crippen LogP contribution < -0.4 is 5.73 Å². The number of rotatable bonds is 8. The van der Waals surface area contributed by atoms with Crippen molar-refractivity contribution in [3.05, 3.63) is 35.9 Å². The molecule has 0 aromatic heterocycles. The Balaban J connectivity index is 2.06. The topological polar surface area (TPSA) is 29.3 Å². The van der Waals surface area contributed by atoms with Crippen molar-refractivity contribution in [2.75, 3.05) is 19.6 Å². The third-order valence-electron chi connectivity index (χ3n) is 4.53. The van der Waals surface area contributed by atoms with E-state index in [1.54, 1.807) is 0 Å². The highest BCUT2D eigenvalue weighted by Gasteiger charge is 2.35. The molecule has 20 heavy (non-hydrogen) atoms. The highest BCUT2D eigenvalue weighted by molar-refractivity contribution is 5.25. The van der Waals surface area contributed by atoms with Gasteiger partial charge in [-0.3, -0.25) is 4.90 Å². The molecule has 2 heteroatoms. The number of nitrogens with zero attached hydrogens (tertiary/aromatic N) is 1. The van der Waals surface area contributed by atoms with Crippen LogP contribution in [-0.2, 0) is 5.41 Å². The summed E-state index contributed by atoms with van der Waals surface area (Å²) in [6.45, 7) is 9.94. The molecule has 1 aromatic carbocycles. The van der Waals surface area contributed by atoms with Crippen LogP contribution in [0.15, 0.2) is 30.3 Å². The molecule has 0 amide bonds. The first-order valence-corrected chi connectivity index (χ1v) is 8.05. The van der Waals surface area contributed by atoms with Crippen molar-refractivity contribution >= 4 is 0 Å². The maximum Gasteiger partial charge on any atom is 0.0174 e. The van der Waals surface area contributed by atoms with Gasteiger partial charge in [-0.15, -0.1) is 0 Å². The largest absolute Gasteiger partial charge is 0.330 e. The molecule has 2 N–H and O–H groups in total. The van der Waals surface area contributed by atoms with Crippen molar-refractivity contribution < 1.29 is 0 Å². The molecule has 1 aliphatic rings. The minimum atomic E-state index is 0.0703. The van der Waals surface area contributed by atoms with E-state index in [4.69, 9.17) is 5.73 Å². The second-order valence-corrected chi connectivity index (χ2v) is 7.01. The molecule has 0 heterocycles. The molecule has 2 nitrogen and oxygen atoms in total. The predicted molar refractivity (Wildman–Crippen MR) is 86.9 cm³/mol. The van der Waals surface area contributed by atoms with E-state index in [1.165, 1.54) is 31.4 Å². The summed E-state index contributed by atoms with van der Waals surface area (Å²) in [4.78, 5) is 2.68. The van der Waals surface area contributed by atoms with Gasteiger partial charge in [-0.05, 0) is 37.3 Å². The zero-order chi connectivity index (χ0) is 14.6. The van der Waals surface area contributed by atoms with Gasteiger partial charge in [-0.25, -0.2) is 0 Å². The fourth-order valence-corrected chi connectivity index (χ4v) is 2.82. The van der Waals surface area contributed by atoms with Crippen molar-refractivity contribution in [3.8, 4) is 0 Å². The molecular weight excluding hydrogens is 244 g/mol. The molecule has 1 aliphatic carbocycles. The molecule has 0 aliphatic heterocycles. The summed E-state index contributed by atoms with van der Waals surface area (Å²) < 4.78 is 0. The van der Waals surface area contributed by atoms with E-state index in [0.717, 1.165) is 18.5 Å². The van der Waals surface area contributed by atoms with Crippen LogP contribution in [0.1, 0.15) is 45.6 Å². The smallest absolute Gasteiger partial charge is 0.0174 e. The first-order chi connectivity index (χ1) is 9.55. The summed E-state index contributed by atoms with van der Waals surface area (Å²) in [6, 6.07) is 11.6. The predicted octanol–water partition coefficient (Wildman–Crippen LogP) is 3.41. The molecule has 1 aromatic rings. The van der Waals surface area contributed by atoms with Crippen LogP contribution >= 0.6 is 0 Å². The summed E-state index contributed by atoms with van der Waals surface area (Å²) in [6.07, 6.45) is 4.02. The Bertz CT molecular complexity index is 397. The molecule has 1 saturated carbocycles. The lowest BCUT2D eigenvalue weighted by atomic mass is 9.82. The third kappa shape index (κ3) is 4.07. The van der Waals surface area contributed by atoms with Crippen molar-refractivity contribution in [2.45, 2.75) is 51.5 Å². The van der Waals surface area contributed by atoms with E-state index in [0.29, 0.717) is 6.54 Å². The molecule has 0 bridgehead atoms. The Kier molecular flexibility index (Phi) is 5.22. The van der Waals surface area contributed by atoms with Gasteiger partial charge in [0.1, 0.15) is 0 Å². The van der Waals surface area contributed by atoms with Gasteiger partial charge in [0.2, 0.25) is 0 Å². The Morgan fingerprint density at radius 3 is 2.40 bits per heavy atom. The van der Waals surface area contributed by atoms with Crippen molar-refractivity contribution in [1.29, 1.82) is 0 Å². The fourth-order valence-electron chi connectivity index (χ4n) is 2.82. The standard InChI is InChI=1S/C18H30N2/c1-15(2)11-12-20(17-9-10-17)14-18(3,13-19)16-7-5-4-6-8-16/h4-8,15,17H,9-14,19H2,1-3H3. The summed E-state index contributed by atoms with van der Waals surface area (Å²) in [7, 11) is 0. The number of hydrogen-bond acceptors (Lipinski definition) is 2. The van der Waals surface area contributed by atoms with E-state index in [1.807, 2.05) is 0 Å². The van der Waals surface area contributed by atoms with Crippen LogP contribution in [0.3, 0.4) is 0 Å². The second-order valence-electron chi connectivity index (χ2n) is 7.01. The summed E-state index contributed by atoms with van der Waals surface area (Å²) in [5, 5.41) is 0. The van der Waals surface area contributed by atoms with Crippen LogP contribution in [0.4, 0.5) is 0 Å². The maximum absolute atomic E-state index is 6.14. The molecule has 0 saturated heterocycles. The van der Waals surface area contributed by atoms with Gasteiger partial charge in [0.15, 0.2) is 0 Å². The minimum Gasteiger partial charge on any atom is -0.330 e. The quantitative estimate of drug-likeness (QED) is 0.787. The fraction of sp³-hybridized carbons (Fsp3) is 0.667. The Morgan fingerprint density at radius 1 is 1.25 bits per heavy atom. The molecule has 0 spiro atoms. The van der Waals surface area contributed by atoms with E-state index >= 15 is 0 Å². The van der Waals surface area contributed by atoms with Gasteiger partial charge < -0.3 is 5.73 Å². The average molecular weight is 274 g/mol. The second kappa shape index (κ2) is 6.73. The third-order valence-corrected chi connectivity index (χ3v) is 4.53. The van der Waals surface area contributed by atoms with E-state index in [2.05, 4.69) is 56.0 Å². The van der Waals surface area contributed by atoms with E-state index in [-0.39, 0.29) is 5.41 Å². The normalized spacial score (nSPS) is 18.5. The maximum atomic E-state index is 6.14. The van der Waals surface area contributed by atoms with Crippen LogP contribution in [0.2, 0.25) is 0 Å². The zero-order valence-corrected chi connectivity index (χ0v) is 13.3. The van der Waals surface area contributed by atoms with Crippen molar-refractivity contribution in [1.82, 2.24) is 4.90 Å². The molecular formula is C18H30N2. The molecule has 1 fully saturated rings.